The first-order chi connectivity index (χ1) is 8.22. The van der Waals surface area contributed by atoms with Crippen LogP contribution in [-0.2, 0) is 16.1 Å². The van der Waals surface area contributed by atoms with Crippen LogP contribution in [0.5, 0.6) is 0 Å². The van der Waals surface area contributed by atoms with Crippen molar-refractivity contribution in [2.24, 2.45) is 0 Å². The van der Waals surface area contributed by atoms with Gasteiger partial charge in [-0.2, -0.15) is 0 Å². The Kier molecular flexibility index (Phi) is 3.58. The predicted octanol–water partition coefficient (Wildman–Crippen LogP) is 2.02. The number of aryl methyl sites for hydroxylation is 1. The minimum atomic E-state index is -0.273. The molecule has 0 amide bonds. The second-order valence-corrected chi connectivity index (χ2v) is 4.52. The number of esters is 1. The Bertz CT molecular complexity index is 585. The van der Waals surface area contributed by atoms with Crippen LogP contribution in [0.2, 0.25) is 0 Å². The number of hydrogen-bond acceptors (Lipinski definition) is 4. The maximum atomic E-state index is 12.0. The Balaban J connectivity index is 2.16. The van der Waals surface area contributed by atoms with E-state index in [9.17, 15) is 9.59 Å². The van der Waals surface area contributed by atoms with Gasteiger partial charge in [0, 0.05) is 17.4 Å². The third-order valence-corrected chi connectivity index (χ3v) is 3.34. The lowest BCUT2D eigenvalue weighted by Crippen LogP contribution is -2.21. The van der Waals surface area contributed by atoms with Crippen molar-refractivity contribution in [3.05, 3.63) is 34.1 Å². The molecule has 0 unspecified atom stereocenters. The maximum Gasteiger partial charge on any atom is 0.307 e. The summed E-state index contributed by atoms with van der Waals surface area (Å²) in [6, 6.07) is 3.70. The molecule has 0 saturated carbocycles. The molecule has 0 aromatic carbocycles. The summed E-state index contributed by atoms with van der Waals surface area (Å²) in [6.07, 6.45) is 1.95. The maximum absolute atomic E-state index is 12.0. The number of carbonyl (C=O) groups excluding carboxylic acids is 1. The summed E-state index contributed by atoms with van der Waals surface area (Å²) < 4.78 is 7.35. The molecule has 0 spiro atoms. The van der Waals surface area contributed by atoms with Gasteiger partial charge in [-0.15, -0.1) is 11.3 Å². The summed E-state index contributed by atoms with van der Waals surface area (Å²) in [5.74, 6) is -0.273. The van der Waals surface area contributed by atoms with E-state index in [1.807, 2.05) is 17.5 Å². The fourth-order valence-corrected chi connectivity index (χ4v) is 2.40. The molecule has 2 heterocycles. The zero-order valence-corrected chi connectivity index (χ0v) is 10.3. The number of carbonyl (C=O) groups is 1. The summed E-state index contributed by atoms with van der Waals surface area (Å²) >= 11 is 1.54. The highest BCUT2D eigenvalue weighted by Crippen LogP contribution is 2.16. The Labute approximate surface area is 102 Å². The largest absolute Gasteiger partial charge is 0.466 e. The Hall–Kier alpha value is -1.62. The molecule has 0 bridgehead atoms. The Morgan fingerprint density at radius 2 is 2.29 bits per heavy atom. The molecule has 17 heavy (non-hydrogen) atoms. The molecule has 2 rings (SSSR count). The second-order valence-electron chi connectivity index (χ2n) is 3.57. The predicted molar refractivity (Wildman–Crippen MR) is 67.3 cm³/mol. The zero-order chi connectivity index (χ0) is 12.3. The molecular weight excluding hydrogens is 238 g/mol. The van der Waals surface area contributed by atoms with E-state index in [1.54, 1.807) is 17.7 Å². The number of hydrogen-bond donors (Lipinski definition) is 0. The van der Waals surface area contributed by atoms with Crippen LogP contribution in [0.3, 0.4) is 0 Å². The van der Waals surface area contributed by atoms with Crippen molar-refractivity contribution >= 4 is 27.4 Å². The minimum Gasteiger partial charge on any atom is -0.466 e. The van der Waals surface area contributed by atoms with Crippen LogP contribution in [0.25, 0.3) is 10.1 Å². The summed E-state index contributed by atoms with van der Waals surface area (Å²) in [7, 11) is 0. The van der Waals surface area contributed by atoms with Gasteiger partial charge in [-0.25, -0.2) is 0 Å². The molecule has 0 atom stereocenters. The topological polar surface area (TPSA) is 48.3 Å². The van der Waals surface area contributed by atoms with Gasteiger partial charge in [-0.3, -0.25) is 9.59 Å². The number of aromatic nitrogens is 1. The standard InChI is InChI=1S/C12H13NO3S/c1-2-16-11(14)4-7-13-6-3-10-9(12(13)15)5-8-17-10/h3,5-6,8H,2,4,7H2,1H3. The monoisotopic (exact) mass is 251 g/mol. The average molecular weight is 251 g/mol. The summed E-state index contributed by atoms with van der Waals surface area (Å²) in [5, 5.41) is 2.60. The SMILES string of the molecule is CCOC(=O)CCn1ccc2sccc2c1=O. The van der Waals surface area contributed by atoms with Gasteiger partial charge in [0.15, 0.2) is 0 Å². The molecule has 0 aliphatic heterocycles. The number of nitrogens with zero attached hydrogens (tertiary/aromatic N) is 1. The van der Waals surface area contributed by atoms with Gasteiger partial charge < -0.3 is 9.30 Å². The van der Waals surface area contributed by atoms with Gasteiger partial charge >= 0.3 is 5.97 Å². The molecule has 0 saturated heterocycles. The van der Waals surface area contributed by atoms with Gasteiger partial charge in [0.25, 0.3) is 5.56 Å². The highest BCUT2D eigenvalue weighted by atomic mass is 32.1. The molecule has 90 valence electrons. The minimum absolute atomic E-state index is 0.0481. The van der Waals surface area contributed by atoms with Crippen LogP contribution in [0.15, 0.2) is 28.5 Å². The molecule has 0 aliphatic carbocycles. The lowest BCUT2D eigenvalue weighted by Gasteiger charge is -2.05. The number of pyridine rings is 1. The van der Waals surface area contributed by atoms with E-state index < -0.39 is 0 Å². The van der Waals surface area contributed by atoms with Crippen LogP contribution < -0.4 is 5.56 Å². The van der Waals surface area contributed by atoms with Crippen molar-refractivity contribution in [1.82, 2.24) is 4.57 Å². The normalized spacial score (nSPS) is 10.6. The van der Waals surface area contributed by atoms with Crippen LogP contribution >= 0.6 is 11.3 Å². The highest BCUT2D eigenvalue weighted by molar-refractivity contribution is 7.17. The first-order valence-electron chi connectivity index (χ1n) is 5.44. The van der Waals surface area contributed by atoms with Gasteiger partial charge in [-0.1, -0.05) is 0 Å². The van der Waals surface area contributed by atoms with Crippen molar-refractivity contribution < 1.29 is 9.53 Å². The zero-order valence-electron chi connectivity index (χ0n) is 9.51. The van der Waals surface area contributed by atoms with E-state index in [0.717, 1.165) is 4.70 Å². The van der Waals surface area contributed by atoms with E-state index >= 15 is 0 Å². The fourth-order valence-electron chi connectivity index (χ4n) is 1.63. The van der Waals surface area contributed by atoms with Crippen molar-refractivity contribution in [2.75, 3.05) is 6.61 Å². The van der Waals surface area contributed by atoms with E-state index in [0.29, 0.717) is 18.5 Å². The van der Waals surface area contributed by atoms with Crippen molar-refractivity contribution in [3.8, 4) is 0 Å². The number of ether oxygens (including phenoxy) is 1. The summed E-state index contributed by atoms with van der Waals surface area (Å²) in [4.78, 5) is 23.2. The lowest BCUT2D eigenvalue weighted by molar-refractivity contribution is -0.143. The molecule has 0 fully saturated rings. The molecule has 2 aromatic rings. The first-order valence-corrected chi connectivity index (χ1v) is 6.32. The molecule has 2 aromatic heterocycles. The van der Waals surface area contributed by atoms with E-state index in [1.165, 1.54) is 11.3 Å². The quantitative estimate of drug-likeness (QED) is 0.781. The van der Waals surface area contributed by atoms with E-state index in [-0.39, 0.29) is 17.9 Å². The van der Waals surface area contributed by atoms with Gasteiger partial charge in [0.05, 0.1) is 18.4 Å². The lowest BCUT2D eigenvalue weighted by atomic mass is 10.3. The third kappa shape index (κ3) is 2.55. The van der Waals surface area contributed by atoms with E-state index in [4.69, 9.17) is 4.74 Å². The number of fused-ring (bicyclic) bond motifs is 1. The van der Waals surface area contributed by atoms with Crippen molar-refractivity contribution in [3.63, 3.8) is 0 Å². The highest BCUT2D eigenvalue weighted by Gasteiger charge is 2.06. The smallest absolute Gasteiger partial charge is 0.307 e. The Morgan fingerprint density at radius 3 is 3.06 bits per heavy atom. The van der Waals surface area contributed by atoms with Gasteiger partial charge in [-0.05, 0) is 24.4 Å². The van der Waals surface area contributed by atoms with Crippen LogP contribution in [0, 0.1) is 0 Å². The molecule has 4 nitrogen and oxygen atoms in total. The number of thiophene rings is 1. The number of rotatable bonds is 4. The van der Waals surface area contributed by atoms with Crippen LogP contribution in [-0.4, -0.2) is 17.1 Å². The van der Waals surface area contributed by atoms with Crippen molar-refractivity contribution in [1.29, 1.82) is 0 Å². The van der Waals surface area contributed by atoms with E-state index in [2.05, 4.69) is 0 Å². The third-order valence-electron chi connectivity index (χ3n) is 2.45. The average Bonchev–Trinajstić information content (AvgIpc) is 2.77. The first kappa shape index (κ1) is 11.9. The summed E-state index contributed by atoms with van der Waals surface area (Å²) in [6.45, 7) is 2.50. The second kappa shape index (κ2) is 5.14. The van der Waals surface area contributed by atoms with Gasteiger partial charge in [0.1, 0.15) is 0 Å². The molecule has 0 N–H and O–H groups in total. The fraction of sp³-hybridized carbons (Fsp3) is 0.333. The Morgan fingerprint density at radius 1 is 1.47 bits per heavy atom. The molecule has 0 radical (unpaired) electrons. The summed E-state index contributed by atoms with van der Waals surface area (Å²) in [5.41, 5.74) is -0.0481. The van der Waals surface area contributed by atoms with Crippen LogP contribution in [0.1, 0.15) is 13.3 Å². The van der Waals surface area contributed by atoms with Crippen LogP contribution in [0.4, 0.5) is 0 Å². The molecule has 0 aliphatic rings. The van der Waals surface area contributed by atoms with Gasteiger partial charge in [0.2, 0.25) is 0 Å². The molecular formula is C12H13NO3S. The molecule has 5 heteroatoms. The van der Waals surface area contributed by atoms with Crippen molar-refractivity contribution in [2.45, 2.75) is 19.9 Å².